The van der Waals surface area contributed by atoms with Crippen LogP contribution in [0.1, 0.15) is 5.56 Å². The third kappa shape index (κ3) is 2.86. The van der Waals surface area contributed by atoms with Gasteiger partial charge in [-0.25, -0.2) is 0 Å². The number of aromatic hydroxyl groups is 1. The highest BCUT2D eigenvalue weighted by Crippen LogP contribution is 2.32. The molecular weight excluding hydrogens is 300 g/mol. The van der Waals surface area contributed by atoms with Crippen LogP contribution in [0, 0.1) is 0 Å². The summed E-state index contributed by atoms with van der Waals surface area (Å²) in [5, 5.41) is 15.1. The van der Waals surface area contributed by atoms with Crippen molar-refractivity contribution in [3.63, 3.8) is 0 Å². The fourth-order valence-electron chi connectivity index (χ4n) is 1.58. The number of nitrogens with zero attached hydrogens (tertiary/aromatic N) is 2. The van der Waals surface area contributed by atoms with Gasteiger partial charge in [0.15, 0.2) is 4.32 Å². The van der Waals surface area contributed by atoms with Gasteiger partial charge < -0.3 is 14.6 Å². The van der Waals surface area contributed by atoms with E-state index in [-0.39, 0.29) is 17.4 Å². The van der Waals surface area contributed by atoms with Crippen LogP contribution in [0.15, 0.2) is 17.2 Å². The van der Waals surface area contributed by atoms with Crippen molar-refractivity contribution in [1.29, 1.82) is 0 Å². The number of phenols is 1. The lowest BCUT2D eigenvalue weighted by Crippen LogP contribution is -2.22. The van der Waals surface area contributed by atoms with Gasteiger partial charge in [-0.2, -0.15) is 10.1 Å². The van der Waals surface area contributed by atoms with Crippen LogP contribution >= 0.6 is 24.0 Å². The second-order valence-corrected chi connectivity index (χ2v) is 5.38. The zero-order valence-corrected chi connectivity index (χ0v) is 12.5. The topological polar surface area (TPSA) is 71.4 Å². The Labute approximate surface area is 125 Å². The van der Waals surface area contributed by atoms with E-state index in [1.807, 2.05) is 0 Å². The number of hydrogen-bond acceptors (Lipinski definition) is 7. The standard InChI is InChI=1S/C12H12N2O4S2/c1-17-7-3-9(15)8(10(4-7)18-2)5-13-14-11(16)6-20-12(14)19/h3-5,15H,6H2,1-2H3. The summed E-state index contributed by atoms with van der Waals surface area (Å²) < 4.78 is 10.6. The van der Waals surface area contributed by atoms with Crippen LogP contribution in [-0.2, 0) is 4.79 Å². The first kappa shape index (κ1) is 14.6. The largest absolute Gasteiger partial charge is 0.507 e. The Hall–Kier alpha value is -1.80. The summed E-state index contributed by atoms with van der Waals surface area (Å²) in [6.45, 7) is 0. The molecule has 0 bridgehead atoms. The van der Waals surface area contributed by atoms with Crippen LogP contribution in [0.25, 0.3) is 0 Å². The van der Waals surface area contributed by atoms with Gasteiger partial charge in [-0.1, -0.05) is 24.0 Å². The van der Waals surface area contributed by atoms with Gasteiger partial charge in [0.1, 0.15) is 17.2 Å². The highest BCUT2D eigenvalue weighted by atomic mass is 32.2. The number of carbonyl (C=O) groups excluding carboxylic acids is 1. The van der Waals surface area contributed by atoms with Crippen LogP contribution < -0.4 is 9.47 Å². The quantitative estimate of drug-likeness (QED) is 0.673. The first-order valence-corrected chi connectivity index (χ1v) is 6.95. The minimum atomic E-state index is -0.191. The van der Waals surface area contributed by atoms with Crippen molar-refractivity contribution in [3.05, 3.63) is 17.7 Å². The summed E-state index contributed by atoms with van der Waals surface area (Å²) >= 11 is 6.26. The van der Waals surface area contributed by atoms with Gasteiger partial charge in [-0.05, 0) is 0 Å². The van der Waals surface area contributed by atoms with Gasteiger partial charge in [0.05, 0.1) is 31.8 Å². The maximum atomic E-state index is 11.5. The molecule has 1 heterocycles. The number of thiocarbonyl (C=S) groups is 1. The zero-order chi connectivity index (χ0) is 14.7. The molecule has 1 saturated heterocycles. The number of rotatable bonds is 4. The van der Waals surface area contributed by atoms with E-state index in [9.17, 15) is 9.90 Å². The predicted molar refractivity (Wildman–Crippen MR) is 80.7 cm³/mol. The number of amides is 1. The summed E-state index contributed by atoms with van der Waals surface area (Å²) in [6.07, 6.45) is 1.34. The van der Waals surface area contributed by atoms with Crippen molar-refractivity contribution in [2.24, 2.45) is 5.10 Å². The second-order valence-electron chi connectivity index (χ2n) is 3.77. The zero-order valence-electron chi connectivity index (χ0n) is 10.8. The molecule has 0 atom stereocenters. The molecule has 1 N–H and O–H groups in total. The number of benzene rings is 1. The molecule has 0 spiro atoms. The normalized spacial score (nSPS) is 15.2. The van der Waals surface area contributed by atoms with E-state index in [1.54, 1.807) is 6.07 Å². The lowest BCUT2D eigenvalue weighted by atomic mass is 10.2. The molecular formula is C12H12N2O4S2. The Morgan fingerprint density at radius 2 is 2.20 bits per heavy atom. The van der Waals surface area contributed by atoms with Gasteiger partial charge in [-0.3, -0.25) is 4.79 Å². The summed E-state index contributed by atoms with van der Waals surface area (Å²) in [4.78, 5) is 11.5. The van der Waals surface area contributed by atoms with Crippen molar-refractivity contribution >= 4 is 40.4 Å². The third-order valence-electron chi connectivity index (χ3n) is 2.58. The molecule has 2 rings (SSSR count). The number of methoxy groups -OCH3 is 2. The van der Waals surface area contributed by atoms with Gasteiger partial charge in [-0.15, -0.1) is 0 Å². The van der Waals surface area contributed by atoms with Crippen molar-refractivity contribution < 1.29 is 19.4 Å². The molecule has 0 saturated carbocycles. The summed E-state index contributed by atoms with van der Waals surface area (Å²) in [5.74, 6) is 0.871. The molecule has 1 fully saturated rings. The molecule has 1 aromatic rings. The third-order valence-corrected chi connectivity index (χ3v) is 3.92. The Kier molecular flexibility index (Phi) is 4.46. The van der Waals surface area contributed by atoms with Gasteiger partial charge in [0.25, 0.3) is 5.91 Å². The smallest absolute Gasteiger partial charge is 0.259 e. The van der Waals surface area contributed by atoms with Gasteiger partial charge in [0, 0.05) is 12.1 Å². The van der Waals surface area contributed by atoms with E-state index >= 15 is 0 Å². The van der Waals surface area contributed by atoms with Crippen molar-refractivity contribution in [1.82, 2.24) is 5.01 Å². The summed E-state index contributed by atoms with van der Waals surface area (Å²) in [5.41, 5.74) is 0.348. The van der Waals surface area contributed by atoms with E-state index in [0.29, 0.717) is 21.4 Å². The van der Waals surface area contributed by atoms with E-state index in [4.69, 9.17) is 21.7 Å². The van der Waals surface area contributed by atoms with E-state index in [1.165, 1.54) is 38.3 Å². The molecule has 0 unspecified atom stereocenters. The first-order chi connectivity index (χ1) is 9.56. The van der Waals surface area contributed by atoms with Gasteiger partial charge in [0.2, 0.25) is 0 Å². The molecule has 1 amide bonds. The number of thioether (sulfide) groups is 1. The molecule has 1 aliphatic rings. The van der Waals surface area contributed by atoms with Crippen molar-refractivity contribution in [3.8, 4) is 17.2 Å². The van der Waals surface area contributed by atoms with Crippen molar-refractivity contribution in [2.45, 2.75) is 0 Å². The number of phenolic OH excluding ortho intramolecular Hbond substituents is 1. The number of hydrazone groups is 1. The van der Waals surface area contributed by atoms with E-state index < -0.39 is 0 Å². The molecule has 20 heavy (non-hydrogen) atoms. The first-order valence-electron chi connectivity index (χ1n) is 5.55. The molecule has 6 nitrogen and oxygen atoms in total. The van der Waals surface area contributed by atoms with Crippen LogP contribution in [0.5, 0.6) is 17.2 Å². The Morgan fingerprint density at radius 1 is 1.45 bits per heavy atom. The Balaban J connectivity index is 2.33. The highest BCUT2D eigenvalue weighted by Gasteiger charge is 2.26. The Morgan fingerprint density at radius 3 is 2.75 bits per heavy atom. The number of carbonyl (C=O) groups is 1. The van der Waals surface area contributed by atoms with E-state index in [0.717, 1.165) is 5.01 Å². The van der Waals surface area contributed by atoms with Crippen LogP contribution in [0.2, 0.25) is 0 Å². The predicted octanol–water partition coefficient (Wildman–Crippen LogP) is 1.60. The van der Waals surface area contributed by atoms with Crippen LogP contribution in [0.3, 0.4) is 0 Å². The molecule has 1 aliphatic heterocycles. The monoisotopic (exact) mass is 312 g/mol. The van der Waals surface area contributed by atoms with Crippen molar-refractivity contribution in [2.75, 3.05) is 20.0 Å². The molecule has 1 aromatic carbocycles. The molecule has 0 aliphatic carbocycles. The molecule has 106 valence electrons. The average molecular weight is 312 g/mol. The SMILES string of the molecule is COc1cc(O)c(C=NN2C(=O)CSC2=S)c(OC)c1. The molecule has 0 radical (unpaired) electrons. The lowest BCUT2D eigenvalue weighted by Gasteiger charge is -2.11. The number of ether oxygens (including phenoxy) is 2. The van der Waals surface area contributed by atoms with Crippen LogP contribution in [0.4, 0.5) is 0 Å². The Bertz CT molecular complexity index is 573. The molecule has 0 aromatic heterocycles. The van der Waals surface area contributed by atoms with E-state index in [2.05, 4.69) is 5.10 Å². The summed E-state index contributed by atoms with van der Waals surface area (Å²) in [6, 6.07) is 3.04. The minimum Gasteiger partial charge on any atom is -0.507 e. The fraction of sp³-hybridized carbons (Fsp3) is 0.250. The highest BCUT2D eigenvalue weighted by molar-refractivity contribution is 8.23. The fourth-order valence-corrected chi connectivity index (χ4v) is 2.54. The minimum absolute atomic E-state index is 0.0600. The lowest BCUT2D eigenvalue weighted by molar-refractivity contribution is -0.123. The van der Waals surface area contributed by atoms with Gasteiger partial charge >= 0.3 is 0 Å². The number of hydrogen-bond donors (Lipinski definition) is 1. The molecule has 8 heteroatoms. The maximum Gasteiger partial charge on any atom is 0.259 e. The average Bonchev–Trinajstić information content (AvgIpc) is 2.76. The summed E-state index contributed by atoms with van der Waals surface area (Å²) in [7, 11) is 2.95. The second kappa shape index (κ2) is 6.10. The maximum absolute atomic E-state index is 11.5. The van der Waals surface area contributed by atoms with Crippen LogP contribution in [-0.4, -0.2) is 46.5 Å².